The Bertz CT molecular complexity index is 847. The van der Waals surface area contributed by atoms with E-state index in [1.165, 1.54) is 6.08 Å². The predicted molar refractivity (Wildman–Crippen MR) is 87.2 cm³/mol. The third-order valence-electron chi connectivity index (χ3n) is 3.29. The molecule has 0 aromatic heterocycles. The minimum absolute atomic E-state index is 0.120. The van der Waals surface area contributed by atoms with Crippen LogP contribution in [0.1, 0.15) is 15.9 Å². The van der Waals surface area contributed by atoms with Crippen LogP contribution in [0.2, 0.25) is 0 Å². The zero-order valence-corrected chi connectivity index (χ0v) is 13.8. The molecule has 1 aliphatic heterocycles. The molecule has 0 spiro atoms. The molecule has 0 radical (unpaired) electrons. The van der Waals surface area contributed by atoms with Crippen molar-refractivity contribution in [3.05, 3.63) is 63.8 Å². The Hall–Kier alpha value is -2.80. The number of nitrogens with one attached hydrogen (secondary N) is 1. The summed E-state index contributed by atoms with van der Waals surface area (Å²) in [5, 5.41) is 13.7. The van der Waals surface area contributed by atoms with E-state index in [1.807, 2.05) is 0 Å². The van der Waals surface area contributed by atoms with Crippen LogP contribution in [-0.4, -0.2) is 18.7 Å². The summed E-state index contributed by atoms with van der Waals surface area (Å²) in [6.45, 7) is 0.120. The van der Waals surface area contributed by atoms with E-state index in [9.17, 15) is 14.7 Å². The number of hydrogen-bond acceptors (Lipinski definition) is 5. The normalized spacial score (nSPS) is 12.8. The van der Waals surface area contributed by atoms with E-state index < -0.39 is 11.9 Å². The molecule has 7 heteroatoms. The van der Waals surface area contributed by atoms with Gasteiger partial charge in [-0.2, -0.15) is 0 Å². The van der Waals surface area contributed by atoms with Gasteiger partial charge in [0.15, 0.2) is 11.5 Å². The van der Waals surface area contributed by atoms with Crippen molar-refractivity contribution in [3.8, 4) is 11.5 Å². The van der Waals surface area contributed by atoms with Crippen molar-refractivity contribution in [2.24, 2.45) is 0 Å². The standard InChI is InChI=1S/C17H12BrNO5/c18-12-4-2-1-3-11(12)16(20)19-13(17(21)22)7-10-5-6-14-15(8-10)24-9-23-14/h1-8H,9H2,(H,19,20)(H,21,22)/p-1/b13-7+. The van der Waals surface area contributed by atoms with Gasteiger partial charge in [-0.25, -0.2) is 0 Å². The van der Waals surface area contributed by atoms with Gasteiger partial charge >= 0.3 is 0 Å². The van der Waals surface area contributed by atoms with Crippen LogP contribution >= 0.6 is 15.9 Å². The fraction of sp³-hybridized carbons (Fsp3) is 0.0588. The third-order valence-corrected chi connectivity index (χ3v) is 3.99. The molecule has 1 heterocycles. The number of carbonyl (C=O) groups excluding carboxylic acids is 2. The average Bonchev–Trinajstić information content (AvgIpc) is 3.02. The Labute approximate surface area is 145 Å². The first kappa shape index (κ1) is 16.1. The number of rotatable bonds is 4. The van der Waals surface area contributed by atoms with Gasteiger partial charge in [0.25, 0.3) is 5.91 Å². The maximum Gasteiger partial charge on any atom is 0.256 e. The summed E-state index contributed by atoms with van der Waals surface area (Å²) in [5.74, 6) is -0.954. The summed E-state index contributed by atoms with van der Waals surface area (Å²) in [6, 6.07) is 11.6. The van der Waals surface area contributed by atoms with E-state index in [1.54, 1.807) is 42.5 Å². The molecular formula is C17H11BrNO5-. The van der Waals surface area contributed by atoms with Crippen molar-refractivity contribution in [2.45, 2.75) is 0 Å². The first-order valence-corrected chi connectivity index (χ1v) is 7.72. The van der Waals surface area contributed by atoms with Gasteiger partial charge in [-0.15, -0.1) is 0 Å². The summed E-state index contributed by atoms with van der Waals surface area (Å²) in [6.07, 6.45) is 1.30. The predicted octanol–water partition coefficient (Wildman–Crippen LogP) is 1.70. The highest BCUT2D eigenvalue weighted by Crippen LogP contribution is 2.33. The third kappa shape index (κ3) is 3.41. The van der Waals surface area contributed by atoms with Crippen molar-refractivity contribution >= 4 is 33.9 Å². The number of carboxylic acid groups (broad SMARTS) is 1. The Morgan fingerprint density at radius 1 is 1.12 bits per heavy atom. The highest BCUT2D eigenvalue weighted by Gasteiger charge is 2.14. The number of amides is 1. The second kappa shape index (κ2) is 6.76. The van der Waals surface area contributed by atoms with Crippen molar-refractivity contribution in [2.75, 3.05) is 6.79 Å². The minimum Gasteiger partial charge on any atom is -0.543 e. The number of aliphatic carboxylic acids is 1. The quantitative estimate of drug-likeness (QED) is 0.805. The first-order valence-electron chi connectivity index (χ1n) is 6.93. The fourth-order valence-corrected chi connectivity index (χ4v) is 2.62. The topological polar surface area (TPSA) is 87.7 Å². The van der Waals surface area contributed by atoms with Crippen molar-refractivity contribution in [1.82, 2.24) is 5.32 Å². The van der Waals surface area contributed by atoms with Crippen molar-refractivity contribution in [3.63, 3.8) is 0 Å². The maximum atomic E-state index is 12.2. The number of ether oxygens (including phenoxy) is 2. The van der Waals surface area contributed by atoms with Gasteiger partial charge in [0.05, 0.1) is 17.2 Å². The molecule has 0 bridgehead atoms. The number of hydrogen-bond donors (Lipinski definition) is 1. The summed E-state index contributed by atoms with van der Waals surface area (Å²) in [5.41, 5.74) is 0.496. The van der Waals surface area contributed by atoms with Crippen molar-refractivity contribution in [1.29, 1.82) is 0 Å². The molecule has 0 aliphatic carbocycles. The zero-order chi connectivity index (χ0) is 17.1. The van der Waals surface area contributed by atoms with Gasteiger partial charge in [-0.05, 0) is 51.8 Å². The van der Waals surface area contributed by atoms with Crippen LogP contribution in [0, 0.1) is 0 Å². The van der Waals surface area contributed by atoms with Crippen LogP contribution in [0.3, 0.4) is 0 Å². The molecule has 1 aliphatic rings. The van der Waals surface area contributed by atoms with Gasteiger partial charge in [0.1, 0.15) is 0 Å². The molecule has 24 heavy (non-hydrogen) atoms. The smallest absolute Gasteiger partial charge is 0.256 e. The summed E-state index contributed by atoms with van der Waals surface area (Å²) in [4.78, 5) is 23.6. The lowest BCUT2D eigenvalue weighted by molar-refractivity contribution is -0.299. The fourth-order valence-electron chi connectivity index (χ4n) is 2.15. The molecule has 2 aromatic rings. The summed E-state index contributed by atoms with van der Waals surface area (Å²) >= 11 is 3.25. The minimum atomic E-state index is -1.49. The van der Waals surface area contributed by atoms with Gasteiger partial charge in [0, 0.05) is 4.47 Å². The molecule has 0 saturated carbocycles. The molecule has 2 aromatic carbocycles. The molecule has 0 saturated heterocycles. The molecule has 0 fully saturated rings. The summed E-state index contributed by atoms with van der Waals surface area (Å²) in [7, 11) is 0. The van der Waals surface area contributed by atoms with E-state index in [0.717, 1.165) is 0 Å². The van der Waals surface area contributed by atoms with Gasteiger partial charge in [0.2, 0.25) is 6.79 Å². The van der Waals surface area contributed by atoms with E-state index in [0.29, 0.717) is 27.1 Å². The number of carboxylic acids is 1. The maximum absolute atomic E-state index is 12.2. The first-order chi connectivity index (χ1) is 11.5. The van der Waals surface area contributed by atoms with Gasteiger partial charge in [-0.1, -0.05) is 18.2 Å². The second-order valence-corrected chi connectivity index (χ2v) is 5.75. The molecular weight excluding hydrogens is 378 g/mol. The van der Waals surface area contributed by atoms with Gasteiger partial charge < -0.3 is 24.7 Å². The molecule has 122 valence electrons. The van der Waals surface area contributed by atoms with E-state index in [2.05, 4.69) is 21.2 Å². The zero-order valence-electron chi connectivity index (χ0n) is 12.2. The molecule has 6 nitrogen and oxygen atoms in total. The SMILES string of the molecule is O=C([O-])/C(=C\c1ccc2c(c1)OCO2)NC(=O)c1ccccc1Br. The number of carbonyl (C=O) groups is 2. The van der Waals surface area contributed by atoms with Gasteiger partial charge in [-0.3, -0.25) is 4.79 Å². The summed E-state index contributed by atoms with van der Waals surface area (Å²) < 4.78 is 11.0. The van der Waals surface area contributed by atoms with Crippen LogP contribution < -0.4 is 19.9 Å². The van der Waals surface area contributed by atoms with E-state index in [4.69, 9.17) is 9.47 Å². The molecule has 0 unspecified atom stereocenters. The van der Waals surface area contributed by atoms with Crippen LogP contribution in [-0.2, 0) is 4.79 Å². The Morgan fingerprint density at radius 2 is 1.88 bits per heavy atom. The average molecular weight is 389 g/mol. The lowest BCUT2D eigenvalue weighted by atomic mass is 10.1. The highest BCUT2D eigenvalue weighted by atomic mass is 79.9. The molecule has 1 amide bonds. The van der Waals surface area contributed by atoms with E-state index >= 15 is 0 Å². The largest absolute Gasteiger partial charge is 0.543 e. The van der Waals surface area contributed by atoms with Crippen LogP contribution in [0.25, 0.3) is 6.08 Å². The molecule has 1 N–H and O–H groups in total. The Balaban J connectivity index is 1.86. The lowest BCUT2D eigenvalue weighted by Gasteiger charge is -2.12. The Morgan fingerprint density at radius 3 is 2.62 bits per heavy atom. The van der Waals surface area contributed by atoms with E-state index in [-0.39, 0.29) is 12.5 Å². The second-order valence-electron chi connectivity index (χ2n) is 4.89. The van der Waals surface area contributed by atoms with Crippen LogP contribution in [0.4, 0.5) is 0 Å². The number of benzene rings is 2. The Kier molecular flexibility index (Phi) is 4.52. The monoisotopic (exact) mass is 388 g/mol. The molecule has 0 atom stereocenters. The van der Waals surface area contributed by atoms with Crippen LogP contribution in [0.5, 0.6) is 11.5 Å². The highest BCUT2D eigenvalue weighted by molar-refractivity contribution is 9.10. The van der Waals surface area contributed by atoms with Crippen molar-refractivity contribution < 1.29 is 24.2 Å². The number of fused-ring (bicyclic) bond motifs is 1. The molecule has 3 rings (SSSR count). The van der Waals surface area contributed by atoms with Crippen LogP contribution in [0.15, 0.2) is 52.6 Å². The number of halogens is 1. The lowest BCUT2D eigenvalue weighted by Crippen LogP contribution is -2.35.